The lowest BCUT2D eigenvalue weighted by Crippen LogP contribution is -2.58. The van der Waals surface area contributed by atoms with Crippen LogP contribution in [0.2, 0.25) is 0 Å². The van der Waals surface area contributed by atoms with Crippen molar-refractivity contribution in [3.8, 4) is 11.3 Å². The van der Waals surface area contributed by atoms with Crippen molar-refractivity contribution in [1.29, 1.82) is 0 Å². The molecule has 0 bridgehead atoms. The van der Waals surface area contributed by atoms with Crippen molar-refractivity contribution >= 4 is 33.7 Å². The maximum Gasteiger partial charge on any atom is 0.256 e. The summed E-state index contributed by atoms with van der Waals surface area (Å²) in [5.41, 5.74) is 2.64. The maximum atomic E-state index is 14.8. The molecule has 3 aromatic carbocycles. The molecule has 14 heteroatoms. The number of likely N-dealkylation sites (tertiary alicyclic amines) is 1. The van der Waals surface area contributed by atoms with Gasteiger partial charge in [-0.25, -0.2) is 13.1 Å². The number of amides is 4. The summed E-state index contributed by atoms with van der Waals surface area (Å²) in [5.74, 6) is -2.35. The van der Waals surface area contributed by atoms with Crippen LogP contribution in [0.5, 0.6) is 0 Å². The van der Waals surface area contributed by atoms with E-state index in [1.54, 1.807) is 59.4 Å². The average Bonchev–Trinajstić information content (AvgIpc) is 3.80. The molecule has 7 rings (SSSR count). The monoisotopic (exact) mass is 751 g/mol. The van der Waals surface area contributed by atoms with E-state index in [0.717, 1.165) is 43.2 Å². The minimum atomic E-state index is -3.90. The van der Waals surface area contributed by atoms with Gasteiger partial charge in [0.25, 0.3) is 11.8 Å². The molecule has 3 fully saturated rings. The Morgan fingerprint density at radius 3 is 2.11 bits per heavy atom. The Bertz CT molecular complexity index is 2050. The molecule has 4 amide bonds. The molecule has 13 nitrogen and oxygen atoms in total. The molecule has 1 aliphatic heterocycles. The predicted molar refractivity (Wildman–Crippen MR) is 201 cm³/mol. The van der Waals surface area contributed by atoms with Gasteiger partial charge < -0.3 is 15.5 Å². The lowest BCUT2D eigenvalue weighted by molar-refractivity contribution is -0.141. The van der Waals surface area contributed by atoms with E-state index in [9.17, 15) is 27.6 Å². The van der Waals surface area contributed by atoms with E-state index < -0.39 is 57.2 Å². The zero-order chi connectivity index (χ0) is 37.7. The van der Waals surface area contributed by atoms with Gasteiger partial charge in [-0.1, -0.05) is 103 Å². The summed E-state index contributed by atoms with van der Waals surface area (Å²) < 4.78 is 29.5. The number of aromatic nitrogens is 3. The smallest absolute Gasteiger partial charge is 0.256 e. The third-order valence-electron chi connectivity index (χ3n) is 10.7. The Morgan fingerprint density at radius 1 is 0.796 bits per heavy atom. The number of rotatable bonds is 13. The van der Waals surface area contributed by atoms with E-state index in [-0.39, 0.29) is 31.2 Å². The molecule has 3 N–H and O–H groups in total. The van der Waals surface area contributed by atoms with Crippen molar-refractivity contribution in [2.24, 2.45) is 5.92 Å². The van der Waals surface area contributed by atoms with Crippen LogP contribution in [0.3, 0.4) is 0 Å². The molecular formula is C40H45N7O6S. The summed E-state index contributed by atoms with van der Waals surface area (Å²) in [6.45, 7) is 0.102. The van der Waals surface area contributed by atoms with Crippen molar-refractivity contribution < 1.29 is 27.6 Å². The molecular weight excluding hydrogens is 707 g/mol. The van der Waals surface area contributed by atoms with Gasteiger partial charge in [-0.3, -0.25) is 23.9 Å². The number of carbonyl (C=O) groups is 4. The van der Waals surface area contributed by atoms with Crippen molar-refractivity contribution in [2.45, 2.75) is 87.2 Å². The quantitative estimate of drug-likeness (QED) is 0.185. The standard InChI is InChI=1S/C40H45N7O6S/c48-37(30-19-11-4-12-20-30)42-36(29-17-9-3-10-18-29)40(51)46-25-31(47-26-34(43-45-47)28-15-7-2-8-16-28)24-35(46)39(50)41-33(23-27-13-5-1-6-14-27)38(49)44-54(52,53)32-21-22-32/h1-2,4-8,11-16,19-20,26,29,31-33,35-36H,3,9-10,17-18,21-25H2,(H,41,50)(H,42,48)(H,44,49)/t31-,33+,35-,36-/m0/s1. The molecule has 1 aromatic heterocycles. The Morgan fingerprint density at radius 2 is 1.44 bits per heavy atom. The fourth-order valence-electron chi connectivity index (χ4n) is 7.54. The number of benzene rings is 3. The summed E-state index contributed by atoms with van der Waals surface area (Å²) in [5, 5.41) is 14.0. The van der Waals surface area contributed by atoms with Crippen molar-refractivity contribution in [3.05, 3.63) is 108 Å². The minimum Gasteiger partial charge on any atom is -0.342 e. The molecule has 54 heavy (non-hydrogen) atoms. The second-order valence-corrected chi connectivity index (χ2v) is 16.5. The molecule has 2 aliphatic carbocycles. The third kappa shape index (κ3) is 8.70. The normalized spacial score (nSPS) is 20.1. The first kappa shape index (κ1) is 37.0. The maximum absolute atomic E-state index is 14.8. The first-order valence-electron chi connectivity index (χ1n) is 18.7. The lowest BCUT2D eigenvalue weighted by atomic mass is 9.83. The highest BCUT2D eigenvalue weighted by Gasteiger charge is 2.46. The molecule has 0 radical (unpaired) electrons. The number of sulfonamides is 1. The van der Waals surface area contributed by atoms with Crippen molar-refractivity contribution in [1.82, 2.24) is 35.2 Å². The van der Waals surface area contributed by atoms with E-state index in [2.05, 4.69) is 25.7 Å². The SMILES string of the molecule is O=C(N[C@H](C(=O)N1C[C@@H](n2cc(-c3ccccc3)nn2)C[C@H]1C(=O)N[C@H](Cc1ccccc1)C(=O)NS(=O)(=O)C1CC1)C1CCCCC1)c1ccccc1. The molecule has 4 atom stereocenters. The van der Waals surface area contributed by atoms with Crippen LogP contribution >= 0.6 is 0 Å². The fourth-order valence-corrected chi connectivity index (χ4v) is 8.88. The first-order valence-corrected chi connectivity index (χ1v) is 20.2. The van der Waals surface area contributed by atoms with E-state index in [4.69, 9.17) is 0 Å². The van der Waals surface area contributed by atoms with Crippen LogP contribution in [0.1, 0.15) is 73.3 Å². The van der Waals surface area contributed by atoms with Gasteiger partial charge >= 0.3 is 0 Å². The number of hydrogen-bond donors (Lipinski definition) is 3. The van der Waals surface area contributed by atoms with Crippen LogP contribution in [0, 0.1) is 5.92 Å². The summed E-state index contributed by atoms with van der Waals surface area (Å²) in [6.07, 6.45) is 7.28. The third-order valence-corrected chi connectivity index (χ3v) is 12.5. The van der Waals surface area contributed by atoms with Gasteiger partial charge in [-0.2, -0.15) is 0 Å². The fraction of sp³-hybridized carbons (Fsp3) is 0.400. The second kappa shape index (κ2) is 16.3. The Balaban J connectivity index is 1.19. The van der Waals surface area contributed by atoms with Crippen molar-refractivity contribution in [2.75, 3.05) is 6.54 Å². The average molecular weight is 752 g/mol. The summed E-state index contributed by atoms with van der Waals surface area (Å²) in [6, 6.07) is 23.6. The zero-order valence-corrected chi connectivity index (χ0v) is 30.7. The highest BCUT2D eigenvalue weighted by Crippen LogP contribution is 2.33. The van der Waals surface area contributed by atoms with Crippen molar-refractivity contribution in [3.63, 3.8) is 0 Å². The van der Waals surface area contributed by atoms with E-state index >= 15 is 0 Å². The Labute approximate surface area is 314 Å². The van der Waals surface area contributed by atoms with Crippen LogP contribution in [0.25, 0.3) is 11.3 Å². The highest BCUT2D eigenvalue weighted by molar-refractivity contribution is 7.90. The molecule has 0 spiro atoms. The van der Waals surface area contributed by atoms with Crippen LogP contribution in [-0.4, -0.2) is 81.9 Å². The lowest BCUT2D eigenvalue weighted by Gasteiger charge is -2.35. The molecule has 1 saturated heterocycles. The van der Waals surface area contributed by atoms with Gasteiger partial charge in [0, 0.05) is 30.5 Å². The first-order chi connectivity index (χ1) is 26.2. The summed E-state index contributed by atoms with van der Waals surface area (Å²) in [7, 11) is -3.90. The van der Waals surface area contributed by atoms with E-state index in [0.29, 0.717) is 24.1 Å². The van der Waals surface area contributed by atoms with Gasteiger partial charge in [0.2, 0.25) is 21.8 Å². The molecule has 3 aliphatic rings. The van der Waals surface area contributed by atoms with Crippen LogP contribution in [0.15, 0.2) is 97.2 Å². The number of hydrogen-bond acceptors (Lipinski definition) is 8. The molecule has 2 saturated carbocycles. The van der Waals surface area contributed by atoms with Gasteiger partial charge in [-0.15, -0.1) is 5.10 Å². The van der Waals surface area contributed by atoms with E-state index in [1.165, 1.54) is 4.90 Å². The number of nitrogens with zero attached hydrogens (tertiary/aromatic N) is 4. The van der Waals surface area contributed by atoms with Gasteiger partial charge in [0.15, 0.2) is 0 Å². The minimum absolute atomic E-state index is 0.0318. The topological polar surface area (TPSA) is 172 Å². The second-order valence-electron chi connectivity index (χ2n) is 14.5. The molecule has 4 aromatic rings. The molecule has 2 heterocycles. The van der Waals surface area contributed by atoms with Crippen LogP contribution < -0.4 is 15.4 Å². The zero-order valence-electron chi connectivity index (χ0n) is 29.9. The Hall–Kier alpha value is -5.37. The molecule has 282 valence electrons. The number of nitrogens with one attached hydrogen (secondary N) is 3. The summed E-state index contributed by atoms with van der Waals surface area (Å²) >= 11 is 0. The van der Waals surface area contributed by atoms with E-state index in [1.807, 2.05) is 42.5 Å². The summed E-state index contributed by atoms with van der Waals surface area (Å²) in [4.78, 5) is 57.9. The highest BCUT2D eigenvalue weighted by atomic mass is 32.2. The number of carbonyl (C=O) groups excluding carboxylic acids is 4. The molecule has 0 unspecified atom stereocenters. The van der Waals surface area contributed by atoms with Crippen LogP contribution in [0.4, 0.5) is 0 Å². The van der Waals surface area contributed by atoms with Gasteiger partial charge in [0.05, 0.1) is 17.5 Å². The Kier molecular flexibility index (Phi) is 11.2. The van der Waals surface area contributed by atoms with Gasteiger partial charge in [0.1, 0.15) is 23.8 Å². The van der Waals surface area contributed by atoms with Gasteiger partial charge in [-0.05, 0) is 49.3 Å². The predicted octanol–water partition coefficient (Wildman–Crippen LogP) is 3.80. The largest absolute Gasteiger partial charge is 0.342 e. The van der Waals surface area contributed by atoms with Crippen LogP contribution in [-0.2, 0) is 30.8 Å².